The van der Waals surface area contributed by atoms with Crippen LogP contribution in [-0.2, 0) is 0 Å². The van der Waals surface area contributed by atoms with Crippen molar-refractivity contribution in [2.45, 2.75) is 0 Å². The van der Waals surface area contributed by atoms with Crippen LogP contribution < -0.4 is 11.5 Å². The van der Waals surface area contributed by atoms with Gasteiger partial charge in [-0.3, -0.25) is 4.79 Å². The van der Waals surface area contributed by atoms with Gasteiger partial charge in [-0.1, -0.05) is 6.07 Å². The molecule has 2 aromatic carbocycles. The largest absolute Gasteiger partial charge is 0.399 e. The number of ketones is 1. The van der Waals surface area contributed by atoms with Crippen molar-refractivity contribution in [1.29, 1.82) is 0 Å². The van der Waals surface area contributed by atoms with Gasteiger partial charge in [0, 0.05) is 34.0 Å². The molecule has 0 fully saturated rings. The number of aromatic nitrogens is 1. The van der Waals surface area contributed by atoms with Gasteiger partial charge < -0.3 is 16.5 Å². The second-order valence-corrected chi connectivity index (χ2v) is 4.54. The zero-order valence-electron chi connectivity index (χ0n) is 10.5. The van der Waals surface area contributed by atoms with Crippen LogP contribution in [0.4, 0.5) is 15.8 Å². The Labute approximate surface area is 114 Å². The van der Waals surface area contributed by atoms with Crippen molar-refractivity contribution >= 4 is 28.1 Å². The summed E-state index contributed by atoms with van der Waals surface area (Å²) in [6, 6.07) is 9.26. The van der Waals surface area contributed by atoms with Crippen molar-refractivity contribution in [1.82, 2.24) is 4.98 Å². The van der Waals surface area contributed by atoms with E-state index in [1.807, 2.05) is 0 Å². The fraction of sp³-hybridized carbons (Fsp3) is 0. The topological polar surface area (TPSA) is 84.9 Å². The van der Waals surface area contributed by atoms with Gasteiger partial charge >= 0.3 is 0 Å². The Morgan fingerprint density at radius 2 is 1.90 bits per heavy atom. The molecule has 1 heterocycles. The molecule has 0 aliphatic rings. The number of H-pyrrole nitrogens is 1. The third kappa shape index (κ3) is 1.80. The highest BCUT2D eigenvalue weighted by molar-refractivity contribution is 6.18. The summed E-state index contributed by atoms with van der Waals surface area (Å²) in [5, 5.41) is 0.272. The van der Waals surface area contributed by atoms with Crippen molar-refractivity contribution in [2.24, 2.45) is 0 Å². The van der Waals surface area contributed by atoms with Crippen LogP contribution in [0.2, 0.25) is 0 Å². The zero-order valence-corrected chi connectivity index (χ0v) is 10.5. The van der Waals surface area contributed by atoms with E-state index >= 15 is 0 Å². The first kappa shape index (κ1) is 12.2. The Morgan fingerprint density at radius 1 is 1.10 bits per heavy atom. The van der Waals surface area contributed by atoms with E-state index in [9.17, 15) is 9.18 Å². The number of aromatic amines is 1. The summed E-state index contributed by atoms with van der Waals surface area (Å²) in [6.45, 7) is 0. The molecule has 0 saturated carbocycles. The van der Waals surface area contributed by atoms with Gasteiger partial charge in [0.25, 0.3) is 0 Å². The van der Waals surface area contributed by atoms with Gasteiger partial charge in [-0.15, -0.1) is 0 Å². The molecule has 0 aliphatic carbocycles. The van der Waals surface area contributed by atoms with Crippen molar-refractivity contribution in [2.75, 3.05) is 11.5 Å². The number of carbonyl (C=O) groups excluding carboxylic acids is 1. The molecular formula is C15H12FN3O. The number of halogens is 1. The lowest BCUT2D eigenvalue weighted by Gasteiger charge is -2.05. The number of fused-ring (bicyclic) bond motifs is 1. The SMILES string of the molecule is Nc1ccc(C(=O)c2c[nH]c3cccc(F)c23)c(N)c1. The lowest BCUT2D eigenvalue weighted by Crippen LogP contribution is -2.06. The molecule has 5 heteroatoms. The van der Waals surface area contributed by atoms with Gasteiger partial charge in [-0.25, -0.2) is 4.39 Å². The Hall–Kier alpha value is -2.82. The molecule has 0 bridgehead atoms. The van der Waals surface area contributed by atoms with Gasteiger partial charge in [0.1, 0.15) is 5.82 Å². The molecule has 0 atom stereocenters. The van der Waals surface area contributed by atoms with Crippen molar-refractivity contribution in [3.63, 3.8) is 0 Å². The summed E-state index contributed by atoms with van der Waals surface area (Å²) in [7, 11) is 0. The third-order valence-corrected chi connectivity index (χ3v) is 3.22. The molecule has 0 radical (unpaired) electrons. The van der Waals surface area contributed by atoms with E-state index in [1.54, 1.807) is 24.3 Å². The number of hydrogen-bond donors (Lipinski definition) is 3. The van der Waals surface area contributed by atoms with Crippen molar-refractivity contribution in [3.05, 3.63) is 59.5 Å². The van der Waals surface area contributed by atoms with E-state index in [4.69, 9.17) is 11.5 Å². The molecule has 0 amide bonds. The molecule has 1 aromatic heterocycles. The van der Waals surface area contributed by atoms with Crippen LogP contribution in [0.5, 0.6) is 0 Å². The summed E-state index contributed by atoms with van der Waals surface area (Å²) in [5.41, 5.74) is 13.3. The highest BCUT2D eigenvalue weighted by Gasteiger charge is 2.18. The maximum absolute atomic E-state index is 13.9. The predicted octanol–water partition coefficient (Wildman–Crippen LogP) is 2.70. The fourth-order valence-electron chi connectivity index (χ4n) is 2.25. The number of nitrogens with one attached hydrogen (secondary N) is 1. The van der Waals surface area contributed by atoms with E-state index in [2.05, 4.69) is 4.98 Å². The van der Waals surface area contributed by atoms with Gasteiger partial charge in [0.05, 0.1) is 5.56 Å². The van der Waals surface area contributed by atoms with E-state index < -0.39 is 5.82 Å². The number of anilines is 2. The Bertz CT molecular complexity index is 823. The van der Waals surface area contributed by atoms with Gasteiger partial charge in [-0.2, -0.15) is 0 Å². The minimum atomic E-state index is -0.443. The first-order chi connectivity index (χ1) is 9.58. The van der Waals surface area contributed by atoms with Crippen LogP contribution in [0.1, 0.15) is 15.9 Å². The van der Waals surface area contributed by atoms with Crippen molar-refractivity contribution < 1.29 is 9.18 Å². The summed E-state index contributed by atoms with van der Waals surface area (Å²) in [6.07, 6.45) is 1.49. The lowest BCUT2D eigenvalue weighted by atomic mass is 10.0. The Morgan fingerprint density at radius 3 is 2.65 bits per heavy atom. The summed E-state index contributed by atoms with van der Waals surface area (Å²) in [5.74, 6) is -0.778. The molecule has 100 valence electrons. The number of nitrogen functional groups attached to an aromatic ring is 2. The van der Waals surface area contributed by atoms with Crippen LogP contribution in [0, 0.1) is 5.82 Å². The predicted molar refractivity (Wildman–Crippen MR) is 77.0 cm³/mol. The monoisotopic (exact) mass is 269 g/mol. The molecule has 4 nitrogen and oxygen atoms in total. The average Bonchev–Trinajstić information content (AvgIpc) is 2.83. The number of benzene rings is 2. The molecule has 5 N–H and O–H groups in total. The maximum atomic E-state index is 13.9. The van der Waals surface area contributed by atoms with Crippen LogP contribution in [0.25, 0.3) is 10.9 Å². The molecular weight excluding hydrogens is 257 g/mol. The summed E-state index contributed by atoms with van der Waals surface area (Å²) >= 11 is 0. The number of hydrogen-bond acceptors (Lipinski definition) is 3. The zero-order chi connectivity index (χ0) is 14.3. The molecule has 0 unspecified atom stereocenters. The van der Waals surface area contributed by atoms with Crippen LogP contribution >= 0.6 is 0 Å². The minimum absolute atomic E-state index is 0.259. The van der Waals surface area contributed by atoms with Gasteiger partial charge in [0.15, 0.2) is 5.78 Å². The summed E-state index contributed by atoms with van der Waals surface area (Å²) in [4.78, 5) is 15.4. The first-order valence-electron chi connectivity index (χ1n) is 6.03. The number of carbonyl (C=O) groups is 1. The van der Waals surface area contributed by atoms with E-state index in [1.165, 1.54) is 18.3 Å². The third-order valence-electron chi connectivity index (χ3n) is 3.22. The van der Waals surface area contributed by atoms with Crippen molar-refractivity contribution in [3.8, 4) is 0 Å². The van der Waals surface area contributed by atoms with E-state index in [-0.39, 0.29) is 22.4 Å². The van der Waals surface area contributed by atoms with Crippen LogP contribution in [0.3, 0.4) is 0 Å². The maximum Gasteiger partial charge on any atom is 0.197 e. The van der Waals surface area contributed by atoms with Gasteiger partial charge in [0.2, 0.25) is 0 Å². The fourth-order valence-corrected chi connectivity index (χ4v) is 2.25. The highest BCUT2D eigenvalue weighted by atomic mass is 19.1. The van der Waals surface area contributed by atoms with Gasteiger partial charge in [-0.05, 0) is 30.3 Å². The second kappa shape index (κ2) is 4.38. The first-order valence-corrected chi connectivity index (χ1v) is 6.03. The molecule has 3 aromatic rings. The molecule has 0 spiro atoms. The molecule has 20 heavy (non-hydrogen) atoms. The second-order valence-electron chi connectivity index (χ2n) is 4.54. The Balaban J connectivity index is 2.18. The average molecular weight is 269 g/mol. The molecule has 0 aliphatic heterocycles. The normalized spacial score (nSPS) is 10.8. The molecule has 3 rings (SSSR count). The number of rotatable bonds is 2. The lowest BCUT2D eigenvalue weighted by molar-refractivity contribution is 0.104. The van der Waals surface area contributed by atoms with Crippen LogP contribution in [-0.4, -0.2) is 10.8 Å². The summed E-state index contributed by atoms with van der Waals surface area (Å²) < 4.78 is 13.9. The smallest absolute Gasteiger partial charge is 0.197 e. The van der Waals surface area contributed by atoms with Crippen LogP contribution in [0.15, 0.2) is 42.6 Å². The van der Waals surface area contributed by atoms with E-state index in [0.29, 0.717) is 16.8 Å². The minimum Gasteiger partial charge on any atom is -0.399 e. The van der Waals surface area contributed by atoms with E-state index in [0.717, 1.165) is 0 Å². The number of nitrogens with two attached hydrogens (primary N) is 2. The highest BCUT2D eigenvalue weighted by Crippen LogP contribution is 2.26. The quantitative estimate of drug-likeness (QED) is 0.494. The molecule has 0 saturated heterocycles. The Kier molecular flexibility index (Phi) is 2.68. The standard InChI is InChI=1S/C15H12FN3O/c16-11-2-1-3-13-14(11)10(7-19-13)15(20)9-5-4-8(17)6-12(9)18/h1-7,19H,17-18H2.